The molecule has 15 heavy (non-hydrogen) atoms. The molecule has 1 aliphatic heterocycles. The summed E-state index contributed by atoms with van der Waals surface area (Å²) in [4.78, 5) is 0. The van der Waals surface area contributed by atoms with Crippen molar-refractivity contribution < 1.29 is 14.2 Å². The van der Waals surface area contributed by atoms with Crippen molar-refractivity contribution in [3.8, 4) is 5.75 Å². The SMILES string of the molecule is COc1cc(N)ccc1C1OCCO1.N. The van der Waals surface area contributed by atoms with E-state index in [2.05, 4.69) is 0 Å². The topological polar surface area (TPSA) is 88.7 Å². The minimum atomic E-state index is -0.314. The molecule has 0 atom stereocenters. The quantitative estimate of drug-likeness (QED) is 0.725. The van der Waals surface area contributed by atoms with E-state index in [1.165, 1.54) is 0 Å². The summed E-state index contributed by atoms with van der Waals surface area (Å²) in [7, 11) is 1.60. The minimum absolute atomic E-state index is 0. The van der Waals surface area contributed by atoms with Crippen molar-refractivity contribution in [2.75, 3.05) is 26.1 Å². The van der Waals surface area contributed by atoms with Crippen molar-refractivity contribution in [2.24, 2.45) is 0 Å². The number of ether oxygens (including phenoxy) is 3. The van der Waals surface area contributed by atoms with Crippen LogP contribution in [0, 0.1) is 0 Å². The number of anilines is 1. The highest BCUT2D eigenvalue weighted by molar-refractivity contribution is 5.49. The van der Waals surface area contributed by atoms with E-state index in [1.807, 2.05) is 12.1 Å². The van der Waals surface area contributed by atoms with Gasteiger partial charge in [0.15, 0.2) is 6.29 Å². The predicted molar refractivity (Wildman–Crippen MR) is 57.1 cm³/mol. The summed E-state index contributed by atoms with van der Waals surface area (Å²) in [6.45, 7) is 1.25. The lowest BCUT2D eigenvalue weighted by atomic mass is 10.1. The molecule has 0 spiro atoms. The Morgan fingerprint density at radius 3 is 2.60 bits per heavy atom. The maximum absolute atomic E-state index is 5.64. The Kier molecular flexibility index (Phi) is 3.90. The Morgan fingerprint density at radius 1 is 1.33 bits per heavy atom. The molecule has 0 aromatic heterocycles. The van der Waals surface area contributed by atoms with Crippen LogP contribution in [0.1, 0.15) is 11.9 Å². The van der Waals surface area contributed by atoms with Gasteiger partial charge in [0.1, 0.15) is 5.75 Å². The zero-order chi connectivity index (χ0) is 9.97. The molecule has 1 aliphatic rings. The fraction of sp³-hybridized carbons (Fsp3) is 0.400. The van der Waals surface area contributed by atoms with Crippen molar-refractivity contribution in [3.05, 3.63) is 23.8 Å². The van der Waals surface area contributed by atoms with Crippen LogP contribution in [0.15, 0.2) is 18.2 Å². The molecule has 0 saturated carbocycles. The maximum atomic E-state index is 5.64. The smallest absolute Gasteiger partial charge is 0.187 e. The molecule has 5 heteroatoms. The van der Waals surface area contributed by atoms with Gasteiger partial charge in [0.05, 0.1) is 20.3 Å². The maximum Gasteiger partial charge on any atom is 0.187 e. The summed E-state index contributed by atoms with van der Waals surface area (Å²) < 4.78 is 16.0. The zero-order valence-corrected chi connectivity index (χ0v) is 8.73. The second-order valence-corrected chi connectivity index (χ2v) is 3.07. The Labute approximate surface area is 88.7 Å². The second kappa shape index (κ2) is 4.97. The van der Waals surface area contributed by atoms with Crippen LogP contribution in [0.5, 0.6) is 5.75 Å². The molecule has 5 N–H and O–H groups in total. The lowest BCUT2D eigenvalue weighted by molar-refractivity contribution is -0.0454. The fourth-order valence-electron chi connectivity index (χ4n) is 1.46. The first kappa shape index (κ1) is 11.8. The number of hydrogen-bond donors (Lipinski definition) is 2. The van der Waals surface area contributed by atoms with Crippen LogP contribution in [0.2, 0.25) is 0 Å². The number of methoxy groups -OCH3 is 1. The first-order valence-electron chi connectivity index (χ1n) is 4.48. The molecule has 0 aliphatic carbocycles. The first-order valence-corrected chi connectivity index (χ1v) is 4.48. The normalized spacial score (nSPS) is 16.1. The molecule has 0 unspecified atom stereocenters. The summed E-state index contributed by atoms with van der Waals surface area (Å²) in [5.74, 6) is 0.705. The van der Waals surface area contributed by atoms with Gasteiger partial charge in [0.25, 0.3) is 0 Å². The standard InChI is InChI=1S/C10H13NO3.H3N/c1-12-9-6-7(11)2-3-8(9)10-13-4-5-14-10;/h2-3,6,10H,4-5,11H2,1H3;1H3. The van der Waals surface area contributed by atoms with Gasteiger partial charge in [-0.1, -0.05) is 0 Å². The fourth-order valence-corrected chi connectivity index (χ4v) is 1.46. The third-order valence-corrected chi connectivity index (χ3v) is 2.13. The number of benzene rings is 1. The molecule has 5 nitrogen and oxygen atoms in total. The molecule has 1 heterocycles. The lowest BCUT2D eigenvalue weighted by Gasteiger charge is -2.13. The molecule has 1 aromatic rings. The highest BCUT2D eigenvalue weighted by Crippen LogP contribution is 2.32. The molecule has 0 bridgehead atoms. The largest absolute Gasteiger partial charge is 0.496 e. The van der Waals surface area contributed by atoms with Gasteiger partial charge in [-0.25, -0.2) is 0 Å². The summed E-state index contributed by atoms with van der Waals surface area (Å²) in [5.41, 5.74) is 7.20. The predicted octanol–water partition coefficient (Wildman–Crippen LogP) is 1.48. The van der Waals surface area contributed by atoms with Crippen LogP contribution in [-0.2, 0) is 9.47 Å². The van der Waals surface area contributed by atoms with E-state index in [-0.39, 0.29) is 12.4 Å². The molecule has 1 saturated heterocycles. The third-order valence-electron chi connectivity index (χ3n) is 2.13. The average molecular weight is 212 g/mol. The molecule has 84 valence electrons. The van der Waals surface area contributed by atoms with Gasteiger partial charge in [-0.15, -0.1) is 0 Å². The van der Waals surface area contributed by atoms with Crippen LogP contribution in [0.25, 0.3) is 0 Å². The van der Waals surface area contributed by atoms with Gasteiger partial charge < -0.3 is 26.1 Å². The molecular formula is C10H16N2O3. The van der Waals surface area contributed by atoms with Crippen LogP contribution < -0.4 is 16.6 Å². The van der Waals surface area contributed by atoms with E-state index in [4.69, 9.17) is 19.9 Å². The van der Waals surface area contributed by atoms with Crippen molar-refractivity contribution in [1.82, 2.24) is 6.15 Å². The monoisotopic (exact) mass is 212 g/mol. The lowest BCUT2D eigenvalue weighted by Crippen LogP contribution is -2.02. The van der Waals surface area contributed by atoms with E-state index in [0.717, 1.165) is 5.56 Å². The van der Waals surface area contributed by atoms with Gasteiger partial charge in [0.2, 0.25) is 0 Å². The molecule has 0 amide bonds. The minimum Gasteiger partial charge on any atom is -0.496 e. The molecular weight excluding hydrogens is 196 g/mol. The highest BCUT2D eigenvalue weighted by Gasteiger charge is 2.21. The summed E-state index contributed by atoms with van der Waals surface area (Å²) in [6.07, 6.45) is -0.314. The number of hydrogen-bond acceptors (Lipinski definition) is 5. The van der Waals surface area contributed by atoms with E-state index in [0.29, 0.717) is 24.7 Å². The van der Waals surface area contributed by atoms with E-state index in [1.54, 1.807) is 13.2 Å². The van der Waals surface area contributed by atoms with Crippen LogP contribution in [0.4, 0.5) is 5.69 Å². The first-order chi connectivity index (χ1) is 6.81. The van der Waals surface area contributed by atoms with Gasteiger partial charge in [-0.05, 0) is 12.1 Å². The zero-order valence-electron chi connectivity index (χ0n) is 8.73. The van der Waals surface area contributed by atoms with Crippen molar-refractivity contribution >= 4 is 5.69 Å². The van der Waals surface area contributed by atoms with Gasteiger partial charge >= 0.3 is 0 Å². The van der Waals surface area contributed by atoms with Crippen LogP contribution in [0.3, 0.4) is 0 Å². The van der Waals surface area contributed by atoms with Crippen LogP contribution >= 0.6 is 0 Å². The van der Waals surface area contributed by atoms with E-state index < -0.39 is 0 Å². The van der Waals surface area contributed by atoms with Crippen molar-refractivity contribution in [3.63, 3.8) is 0 Å². The third kappa shape index (κ3) is 2.38. The van der Waals surface area contributed by atoms with Crippen LogP contribution in [-0.4, -0.2) is 20.3 Å². The molecule has 1 fully saturated rings. The Hall–Kier alpha value is -1.30. The number of rotatable bonds is 2. The van der Waals surface area contributed by atoms with Crippen molar-refractivity contribution in [1.29, 1.82) is 0 Å². The number of nitrogen functional groups attached to an aromatic ring is 1. The van der Waals surface area contributed by atoms with Gasteiger partial charge in [-0.2, -0.15) is 0 Å². The summed E-state index contributed by atoms with van der Waals surface area (Å²) >= 11 is 0. The Balaban J connectivity index is 0.00000112. The average Bonchev–Trinajstić information content (AvgIpc) is 2.70. The van der Waals surface area contributed by atoms with Gasteiger partial charge in [-0.3, -0.25) is 0 Å². The molecule has 0 radical (unpaired) electrons. The van der Waals surface area contributed by atoms with Gasteiger partial charge in [0, 0.05) is 17.3 Å². The molecule has 2 rings (SSSR count). The Morgan fingerprint density at radius 2 is 2.00 bits per heavy atom. The van der Waals surface area contributed by atoms with Crippen molar-refractivity contribution in [2.45, 2.75) is 6.29 Å². The number of nitrogens with two attached hydrogens (primary N) is 1. The Bertz CT molecular complexity index is 324. The summed E-state index contributed by atoms with van der Waals surface area (Å²) in [5, 5.41) is 0. The van der Waals surface area contributed by atoms with E-state index in [9.17, 15) is 0 Å². The van der Waals surface area contributed by atoms with E-state index >= 15 is 0 Å². The highest BCUT2D eigenvalue weighted by atomic mass is 16.7. The summed E-state index contributed by atoms with van der Waals surface area (Å²) in [6, 6.07) is 5.44. The second-order valence-electron chi connectivity index (χ2n) is 3.07. The molecule has 1 aromatic carbocycles.